The van der Waals surface area contributed by atoms with Crippen molar-refractivity contribution in [3.8, 4) is 0 Å². The van der Waals surface area contributed by atoms with E-state index in [0.717, 1.165) is 66.7 Å². The molecule has 7 heteroatoms. The predicted molar refractivity (Wildman–Crippen MR) is 110 cm³/mol. The van der Waals surface area contributed by atoms with Crippen LogP contribution in [0.2, 0.25) is 0 Å². The second-order valence-electron chi connectivity index (χ2n) is 7.02. The number of benzene rings is 1. The van der Waals surface area contributed by atoms with Crippen LogP contribution in [0.3, 0.4) is 0 Å². The van der Waals surface area contributed by atoms with Crippen molar-refractivity contribution in [1.29, 1.82) is 0 Å². The molecule has 4 heterocycles. The summed E-state index contributed by atoms with van der Waals surface area (Å²) in [5.74, 6) is 0.736. The molecule has 0 aliphatic carbocycles. The van der Waals surface area contributed by atoms with E-state index in [1.54, 1.807) is 6.20 Å². The molecule has 2 aromatic heterocycles. The van der Waals surface area contributed by atoms with E-state index in [4.69, 9.17) is 4.99 Å². The van der Waals surface area contributed by atoms with Gasteiger partial charge in [0.2, 0.25) is 0 Å². The number of nitrogens with zero attached hydrogens (tertiary/aromatic N) is 4. The average molecular weight is 376 g/mol. The zero-order valence-corrected chi connectivity index (χ0v) is 15.4. The number of rotatable bonds is 2. The molecule has 1 saturated heterocycles. The topological polar surface area (TPSA) is 59.5 Å². The molecule has 3 aromatic rings. The molecule has 5 rings (SSSR count). The normalized spacial score (nSPS) is 18.6. The van der Waals surface area contributed by atoms with Crippen molar-refractivity contribution < 1.29 is 4.39 Å². The molecular formula is C21H21FN6. The Bertz CT molecular complexity index is 1040. The Labute approximate surface area is 162 Å². The van der Waals surface area contributed by atoms with Crippen LogP contribution in [0.25, 0.3) is 17.1 Å². The van der Waals surface area contributed by atoms with Crippen LogP contribution < -0.4 is 10.2 Å². The lowest BCUT2D eigenvalue weighted by molar-refractivity contribution is 0.377. The molecule has 2 aliphatic rings. The SMILES string of the molecule is Fc1ccc(N2CCN(C3=NC(=Cc4c[nH]c5ncccc45)CN3)CC2)cc1. The van der Waals surface area contributed by atoms with Crippen molar-refractivity contribution in [2.45, 2.75) is 0 Å². The monoisotopic (exact) mass is 376 g/mol. The minimum atomic E-state index is -0.197. The van der Waals surface area contributed by atoms with Crippen LogP contribution in [0.1, 0.15) is 5.56 Å². The third kappa shape index (κ3) is 3.19. The van der Waals surface area contributed by atoms with E-state index in [1.165, 1.54) is 12.1 Å². The number of anilines is 1. The molecule has 142 valence electrons. The number of hydrogen-bond acceptors (Lipinski definition) is 5. The third-order valence-electron chi connectivity index (χ3n) is 5.25. The second kappa shape index (κ2) is 6.99. The first kappa shape index (κ1) is 16.8. The van der Waals surface area contributed by atoms with E-state index in [1.807, 2.05) is 24.4 Å². The quantitative estimate of drug-likeness (QED) is 0.722. The lowest BCUT2D eigenvalue weighted by Crippen LogP contribution is -2.51. The van der Waals surface area contributed by atoms with Gasteiger partial charge in [-0.25, -0.2) is 14.4 Å². The summed E-state index contributed by atoms with van der Waals surface area (Å²) < 4.78 is 13.1. The first-order valence-corrected chi connectivity index (χ1v) is 9.47. The van der Waals surface area contributed by atoms with E-state index in [0.29, 0.717) is 0 Å². The highest BCUT2D eigenvalue weighted by atomic mass is 19.1. The molecule has 0 unspecified atom stereocenters. The Morgan fingerprint density at radius 1 is 1.00 bits per heavy atom. The fourth-order valence-electron chi connectivity index (χ4n) is 3.75. The Balaban J connectivity index is 1.27. The molecule has 1 fully saturated rings. The first-order valence-electron chi connectivity index (χ1n) is 9.47. The molecule has 2 aliphatic heterocycles. The zero-order chi connectivity index (χ0) is 18.9. The highest BCUT2D eigenvalue weighted by Crippen LogP contribution is 2.21. The molecule has 0 amide bonds. The molecule has 0 atom stereocenters. The van der Waals surface area contributed by atoms with Crippen LogP contribution in [0, 0.1) is 5.82 Å². The zero-order valence-electron chi connectivity index (χ0n) is 15.4. The number of guanidine groups is 1. The lowest BCUT2D eigenvalue weighted by Gasteiger charge is -2.36. The Morgan fingerprint density at radius 3 is 2.61 bits per heavy atom. The summed E-state index contributed by atoms with van der Waals surface area (Å²) in [6.45, 7) is 4.26. The van der Waals surface area contributed by atoms with Crippen molar-refractivity contribution in [3.05, 3.63) is 65.9 Å². The number of piperazine rings is 1. The van der Waals surface area contributed by atoms with Gasteiger partial charge in [0.05, 0.1) is 12.2 Å². The summed E-state index contributed by atoms with van der Waals surface area (Å²) in [5, 5.41) is 4.52. The van der Waals surface area contributed by atoms with E-state index in [-0.39, 0.29) is 5.82 Å². The van der Waals surface area contributed by atoms with Crippen molar-refractivity contribution in [3.63, 3.8) is 0 Å². The number of halogens is 1. The van der Waals surface area contributed by atoms with E-state index in [9.17, 15) is 4.39 Å². The van der Waals surface area contributed by atoms with Crippen molar-refractivity contribution in [2.75, 3.05) is 37.6 Å². The number of aliphatic imine (C=N–C) groups is 1. The molecule has 2 N–H and O–H groups in total. The minimum Gasteiger partial charge on any atom is -0.368 e. The summed E-state index contributed by atoms with van der Waals surface area (Å²) in [4.78, 5) is 16.9. The highest BCUT2D eigenvalue weighted by Gasteiger charge is 2.23. The second-order valence-corrected chi connectivity index (χ2v) is 7.02. The van der Waals surface area contributed by atoms with Gasteiger partial charge in [-0.05, 0) is 42.5 Å². The average Bonchev–Trinajstić information content (AvgIpc) is 3.37. The number of aromatic nitrogens is 2. The molecular weight excluding hydrogens is 355 g/mol. The van der Waals surface area contributed by atoms with Gasteiger partial charge in [0.1, 0.15) is 11.5 Å². The Kier molecular flexibility index (Phi) is 4.20. The van der Waals surface area contributed by atoms with Gasteiger partial charge in [-0.1, -0.05) is 0 Å². The number of nitrogens with one attached hydrogen (secondary N) is 2. The highest BCUT2D eigenvalue weighted by molar-refractivity contribution is 5.89. The van der Waals surface area contributed by atoms with Gasteiger partial charge in [-0.15, -0.1) is 0 Å². The van der Waals surface area contributed by atoms with Crippen molar-refractivity contribution in [2.24, 2.45) is 4.99 Å². The van der Waals surface area contributed by atoms with Crippen molar-refractivity contribution in [1.82, 2.24) is 20.2 Å². The number of fused-ring (bicyclic) bond motifs is 1. The van der Waals surface area contributed by atoms with Crippen LogP contribution in [0.4, 0.5) is 10.1 Å². The number of pyridine rings is 1. The lowest BCUT2D eigenvalue weighted by atomic mass is 10.2. The molecule has 28 heavy (non-hydrogen) atoms. The minimum absolute atomic E-state index is 0.197. The van der Waals surface area contributed by atoms with Gasteiger partial charge in [0.25, 0.3) is 0 Å². The molecule has 6 nitrogen and oxygen atoms in total. The van der Waals surface area contributed by atoms with E-state index >= 15 is 0 Å². The van der Waals surface area contributed by atoms with Gasteiger partial charge in [0.15, 0.2) is 5.96 Å². The maximum Gasteiger partial charge on any atom is 0.199 e. The van der Waals surface area contributed by atoms with Gasteiger partial charge < -0.3 is 20.1 Å². The molecule has 0 spiro atoms. The molecule has 0 bridgehead atoms. The largest absolute Gasteiger partial charge is 0.368 e. The van der Waals surface area contributed by atoms with Crippen LogP contribution in [0.15, 0.2) is 59.5 Å². The fourth-order valence-corrected chi connectivity index (χ4v) is 3.75. The maximum atomic E-state index is 13.1. The Morgan fingerprint density at radius 2 is 1.79 bits per heavy atom. The number of aromatic amines is 1. The van der Waals surface area contributed by atoms with Gasteiger partial charge in [0, 0.05) is 55.2 Å². The summed E-state index contributed by atoms with van der Waals surface area (Å²) in [6, 6.07) is 10.7. The number of hydrogen-bond donors (Lipinski definition) is 2. The fraction of sp³-hybridized carbons (Fsp3) is 0.238. The van der Waals surface area contributed by atoms with Crippen LogP contribution in [-0.2, 0) is 0 Å². The summed E-state index contributed by atoms with van der Waals surface area (Å²) in [6.07, 6.45) is 5.86. The summed E-state index contributed by atoms with van der Waals surface area (Å²) >= 11 is 0. The summed E-state index contributed by atoms with van der Waals surface area (Å²) in [7, 11) is 0. The van der Waals surface area contributed by atoms with E-state index < -0.39 is 0 Å². The van der Waals surface area contributed by atoms with Gasteiger partial charge in [-0.3, -0.25) is 0 Å². The smallest absolute Gasteiger partial charge is 0.199 e. The van der Waals surface area contributed by atoms with Crippen LogP contribution in [0.5, 0.6) is 0 Å². The van der Waals surface area contributed by atoms with Gasteiger partial charge in [-0.2, -0.15) is 0 Å². The van der Waals surface area contributed by atoms with Crippen LogP contribution in [-0.4, -0.2) is 53.6 Å². The van der Waals surface area contributed by atoms with Crippen LogP contribution >= 0.6 is 0 Å². The predicted octanol–water partition coefficient (Wildman–Crippen LogP) is 2.82. The maximum absolute atomic E-state index is 13.1. The van der Waals surface area contributed by atoms with E-state index in [2.05, 4.69) is 37.2 Å². The molecule has 0 saturated carbocycles. The Hall–Kier alpha value is -3.35. The van der Waals surface area contributed by atoms with Gasteiger partial charge >= 0.3 is 0 Å². The molecule has 1 aromatic carbocycles. The molecule has 0 radical (unpaired) electrons. The number of H-pyrrole nitrogens is 1. The standard InChI is InChI=1S/C21H21FN6/c22-16-3-5-18(6-4-16)27-8-10-28(11-9-27)21-25-14-17(26-21)12-15-13-24-20-19(15)2-1-7-23-20/h1-7,12-13H,8-11,14H2,(H,23,24)(H,25,26). The summed E-state index contributed by atoms with van der Waals surface area (Å²) in [5.41, 5.74) is 4.07. The first-order chi connectivity index (χ1) is 13.8. The third-order valence-corrected chi connectivity index (χ3v) is 5.25. The van der Waals surface area contributed by atoms with Crippen molar-refractivity contribution >= 4 is 28.8 Å².